The van der Waals surface area contributed by atoms with E-state index in [-0.39, 0.29) is 5.60 Å². The number of hydrogen-bond donors (Lipinski definition) is 0. The molecule has 1 aliphatic carbocycles. The summed E-state index contributed by atoms with van der Waals surface area (Å²) in [5, 5.41) is 5.59. The zero-order valence-electron chi connectivity index (χ0n) is 14.5. The van der Waals surface area contributed by atoms with E-state index in [0.29, 0.717) is 6.61 Å². The van der Waals surface area contributed by atoms with E-state index >= 15 is 0 Å². The second-order valence-corrected chi connectivity index (χ2v) is 8.22. The van der Waals surface area contributed by atoms with Gasteiger partial charge >= 0.3 is 0 Å². The summed E-state index contributed by atoms with van der Waals surface area (Å²) in [6.07, 6.45) is 9.25. The molecule has 0 spiro atoms. The van der Waals surface area contributed by atoms with Crippen LogP contribution in [0.1, 0.15) is 29.3 Å². The van der Waals surface area contributed by atoms with E-state index in [4.69, 9.17) is 4.74 Å². The number of thiophene rings is 1. The lowest BCUT2D eigenvalue weighted by molar-refractivity contribution is -0.0467. The third kappa shape index (κ3) is 2.37. The Labute approximate surface area is 150 Å². The first-order chi connectivity index (χ1) is 12.1. The number of ether oxygens (including phenoxy) is 1. The molecule has 1 fully saturated rings. The van der Waals surface area contributed by atoms with E-state index in [1.807, 2.05) is 35.5 Å². The maximum atomic E-state index is 6.17. The minimum Gasteiger partial charge on any atom is -0.367 e. The average Bonchev–Trinajstić information content (AvgIpc) is 3.30. The van der Waals surface area contributed by atoms with Crippen LogP contribution in [-0.2, 0) is 30.2 Å². The molecule has 3 aromatic heterocycles. The van der Waals surface area contributed by atoms with Crippen LogP contribution in [0.5, 0.6) is 0 Å². The molecule has 3 aromatic rings. The smallest absolute Gasteiger partial charge is 0.141 e. The Kier molecular flexibility index (Phi) is 3.36. The van der Waals surface area contributed by atoms with Crippen LogP contribution in [0.15, 0.2) is 18.7 Å². The Balaban J connectivity index is 1.56. The van der Waals surface area contributed by atoms with Crippen LogP contribution >= 0.6 is 11.3 Å². The summed E-state index contributed by atoms with van der Waals surface area (Å²) in [7, 11) is 1.94. The highest BCUT2D eigenvalue weighted by Crippen LogP contribution is 2.41. The first kappa shape index (κ1) is 15.3. The van der Waals surface area contributed by atoms with Gasteiger partial charge in [0, 0.05) is 30.2 Å². The van der Waals surface area contributed by atoms with E-state index in [0.717, 1.165) is 35.7 Å². The van der Waals surface area contributed by atoms with E-state index in [1.165, 1.54) is 28.7 Å². The maximum absolute atomic E-state index is 6.17. The molecule has 1 saturated heterocycles. The first-order valence-corrected chi connectivity index (χ1v) is 9.59. The third-order valence-corrected chi connectivity index (χ3v) is 6.57. The van der Waals surface area contributed by atoms with Gasteiger partial charge in [-0.2, -0.15) is 5.10 Å². The van der Waals surface area contributed by atoms with Crippen molar-refractivity contribution in [3.05, 3.63) is 34.7 Å². The Morgan fingerprint density at radius 2 is 2.20 bits per heavy atom. The lowest BCUT2D eigenvalue weighted by Crippen LogP contribution is -2.48. The fourth-order valence-corrected chi connectivity index (χ4v) is 5.29. The molecular weight excluding hydrogens is 334 g/mol. The molecule has 1 atom stereocenters. The number of anilines is 1. The van der Waals surface area contributed by atoms with Crippen LogP contribution < -0.4 is 4.90 Å². The van der Waals surface area contributed by atoms with Crippen molar-refractivity contribution in [2.75, 3.05) is 24.6 Å². The molecular formula is C18H21N5OS. The predicted octanol–water partition coefficient (Wildman–Crippen LogP) is 2.67. The van der Waals surface area contributed by atoms with Gasteiger partial charge in [0.25, 0.3) is 0 Å². The van der Waals surface area contributed by atoms with Crippen LogP contribution in [0.2, 0.25) is 0 Å². The van der Waals surface area contributed by atoms with Crippen LogP contribution in [-0.4, -0.2) is 39.4 Å². The van der Waals surface area contributed by atoms with E-state index < -0.39 is 0 Å². The van der Waals surface area contributed by atoms with Crippen molar-refractivity contribution in [3.8, 4) is 0 Å². The van der Waals surface area contributed by atoms with E-state index in [9.17, 15) is 0 Å². The summed E-state index contributed by atoms with van der Waals surface area (Å²) in [4.78, 5) is 14.2. The SMILES string of the molecule is Cn1cc(C2(C)CN(c3ncnc4sc5c(c34)CCC5)CCO2)cn1. The molecule has 0 radical (unpaired) electrons. The first-order valence-electron chi connectivity index (χ1n) is 8.77. The van der Waals surface area contributed by atoms with Gasteiger partial charge in [-0.25, -0.2) is 9.97 Å². The number of aromatic nitrogens is 4. The topological polar surface area (TPSA) is 56.1 Å². The number of morpholine rings is 1. The highest BCUT2D eigenvalue weighted by molar-refractivity contribution is 7.19. The van der Waals surface area contributed by atoms with Gasteiger partial charge in [0.05, 0.1) is 24.7 Å². The predicted molar refractivity (Wildman–Crippen MR) is 98.2 cm³/mol. The normalized spacial score (nSPS) is 23.4. The molecule has 0 saturated carbocycles. The minimum absolute atomic E-state index is 0.372. The number of aryl methyl sites for hydroxylation is 3. The minimum atomic E-state index is -0.372. The Hall–Kier alpha value is -1.99. The largest absolute Gasteiger partial charge is 0.367 e. The molecule has 0 N–H and O–H groups in total. The summed E-state index contributed by atoms with van der Waals surface area (Å²) >= 11 is 1.84. The van der Waals surface area contributed by atoms with Crippen molar-refractivity contribution >= 4 is 27.4 Å². The molecule has 2 aliphatic rings. The number of fused-ring (bicyclic) bond motifs is 3. The van der Waals surface area contributed by atoms with Gasteiger partial charge in [0.1, 0.15) is 22.6 Å². The van der Waals surface area contributed by atoms with Gasteiger partial charge < -0.3 is 9.64 Å². The molecule has 4 heterocycles. The maximum Gasteiger partial charge on any atom is 0.141 e. The molecule has 1 aliphatic heterocycles. The number of nitrogens with zero attached hydrogens (tertiary/aromatic N) is 5. The molecule has 0 amide bonds. The van der Waals surface area contributed by atoms with Crippen LogP contribution in [0.25, 0.3) is 10.2 Å². The van der Waals surface area contributed by atoms with Gasteiger partial charge in [0.15, 0.2) is 0 Å². The second-order valence-electron chi connectivity index (χ2n) is 7.14. The lowest BCUT2D eigenvalue weighted by atomic mass is 9.96. The molecule has 0 bridgehead atoms. The highest BCUT2D eigenvalue weighted by atomic mass is 32.1. The summed E-state index contributed by atoms with van der Waals surface area (Å²) in [5.74, 6) is 1.07. The van der Waals surface area contributed by atoms with Gasteiger partial charge in [-0.05, 0) is 31.7 Å². The van der Waals surface area contributed by atoms with Crippen LogP contribution in [0, 0.1) is 0 Å². The summed E-state index contributed by atoms with van der Waals surface area (Å²) in [5.41, 5.74) is 2.22. The summed E-state index contributed by atoms with van der Waals surface area (Å²) in [6.45, 7) is 4.46. The Bertz CT molecular complexity index is 948. The van der Waals surface area contributed by atoms with Crippen molar-refractivity contribution < 1.29 is 4.74 Å². The molecule has 130 valence electrons. The van der Waals surface area contributed by atoms with Gasteiger partial charge in [-0.1, -0.05) is 0 Å². The zero-order valence-corrected chi connectivity index (χ0v) is 15.3. The van der Waals surface area contributed by atoms with E-state index in [1.54, 1.807) is 6.33 Å². The second kappa shape index (κ2) is 5.51. The fraction of sp³-hybridized carbons (Fsp3) is 0.500. The average molecular weight is 355 g/mol. The van der Waals surface area contributed by atoms with Crippen molar-refractivity contribution in [2.45, 2.75) is 31.8 Å². The van der Waals surface area contributed by atoms with Crippen LogP contribution in [0.4, 0.5) is 5.82 Å². The van der Waals surface area contributed by atoms with Gasteiger partial charge in [0.2, 0.25) is 0 Å². The highest BCUT2D eigenvalue weighted by Gasteiger charge is 2.36. The number of rotatable bonds is 2. The standard InChI is InChI=1S/C18H21N5OS/c1-18(12-8-21-22(2)9-12)10-23(6-7-24-18)16-15-13-4-3-5-14(13)25-17(15)20-11-19-16/h8-9,11H,3-7,10H2,1-2H3. The molecule has 7 heteroatoms. The lowest BCUT2D eigenvalue weighted by Gasteiger charge is -2.40. The zero-order chi connectivity index (χ0) is 17.0. The molecule has 0 aromatic carbocycles. The molecule has 25 heavy (non-hydrogen) atoms. The summed E-state index contributed by atoms with van der Waals surface area (Å²) in [6, 6.07) is 0. The molecule has 1 unspecified atom stereocenters. The van der Waals surface area contributed by atoms with Gasteiger partial charge in [-0.15, -0.1) is 11.3 Å². The Morgan fingerprint density at radius 3 is 3.04 bits per heavy atom. The number of hydrogen-bond acceptors (Lipinski definition) is 6. The van der Waals surface area contributed by atoms with Crippen molar-refractivity contribution in [3.63, 3.8) is 0 Å². The van der Waals surface area contributed by atoms with Crippen molar-refractivity contribution in [1.82, 2.24) is 19.7 Å². The van der Waals surface area contributed by atoms with Crippen LogP contribution in [0.3, 0.4) is 0 Å². The van der Waals surface area contributed by atoms with Crippen molar-refractivity contribution in [2.24, 2.45) is 7.05 Å². The summed E-state index contributed by atoms with van der Waals surface area (Å²) < 4.78 is 8.00. The van der Waals surface area contributed by atoms with Crippen molar-refractivity contribution in [1.29, 1.82) is 0 Å². The fourth-order valence-electron chi connectivity index (χ4n) is 4.07. The van der Waals surface area contributed by atoms with Gasteiger partial charge in [-0.3, -0.25) is 4.68 Å². The monoisotopic (exact) mass is 355 g/mol. The molecule has 5 rings (SSSR count). The quantitative estimate of drug-likeness (QED) is 0.707. The van der Waals surface area contributed by atoms with E-state index in [2.05, 4.69) is 26.9 Å². The molecule has 6 nitrogen and oxygen atoms in total. The Morgan fingerprint density at radius 1 is 1.28 bits per heavy atom. The third-order valence-electron chi connectivity index (χ3n) is 5.37.